The van der Waals surface area contributed by atoms with Gasteiger partial charge in [0, 0.05) is 29.9 Å². The number of nitrogens with two attached hydrogens (primary N) is 1. The van der Waals surface area contributed by atoms with Gasteiger partial charge in [0.2, 0.25) is 0 Å². The largest absolute Gasteiger partial charge is 0.349 e. The third-order valence-electron chi connectivity index (χ3n) is 4.41. The van der Waals surface area contributed by atoms with Crippen molar-refractivity contribution in [1.29, 1.82) is 0 Å². The van der Waals surface area contributed by atoms with E-state index >= 15 is 0 Å². The first-order valence-electron chi connectivity index (χ1n) is 6.69. The molecule has 1 aromatic heterocycles. The summed E-state index contributed by atoms with van der Waals surface area (Å²) in [5.41, 5.74) is 10.7. The molecule has 0 spiro atoms. The van der Waals surface area contributed by atoms with E-state index in [0.29, 0.717) is 17.9 Å². The highest BCUT2D eigenvalue weighted by Crippen LogP contribution is 2.58. The lowest BCUT2D eigenvalue weighted by molar-refractivity contribution is 0.507. The summed E-state index contributed by atoms with van der Waals surface area (Å²) >= 11 is 0. The van der Waals surface area contributed by atoms with Crippen molar-refractivity contribution < 1.29 is 0 Å². The molecule has 0 saturated heterocycles. The minimum atomic E-state index is 0.279. The summed E-state index contributed by atoms with van der Waals surface area (Å²) in [4.78, 5) is 0. The minimum Gasteiger partial charge on any atom is -0.349 e. The van der Waals surface area contributed by atoms with Crippen LogP contribution in [-0.4, -0.2) is 10.6 Å². The maximum Gasteiger partial charge on any atom is 0.0247 e. The van der Waals surface area contributed by atoms with E-state index in [2.05, 4.69) is 52.2 Å². The van der Waals surface area contributed by atoms with E-state index in [1.807, 2.05) is 0 Å². The summed E-state index contributed by atoms with van der Waals surface area (Å²) in [6, 6.07) is 2.67. The van der Waals surface area contributed by atoms with Crippen molar-refractivity contribution in [2.24, 2.45) is 17.1 Å². The van der Waals surface area contributed by atoms with Gasteiger partial charge in [-0.05, 0) is 36.8 Å². The fraction of sp³-hybridized carbons (Fsp3) is 0.733. The molecule has 0 amide bonds. The zero-order chi connectivity index (χ0) is 13.0. The lowest BCUT2D eigenvalue weighted by atomic mass is 10.0. The average Bonchev–Trinajstić information content (AvgIpc) is 2.57. The Bertz CT molecular complexity index is 426. The molecule has 0 radical (unpaired) electrons. The van der Waals surface area contributed by atoms with Gasteiger partial charge in [0.1, 0.15) is 0 Å². The average molecular weight is 234 g/mol. The summed E-state index contributed by atoms with van der Waals surface area (Å²) in [6.45, 7) is 14.6. The molecule has 2 heteroatoms. The maximum absolute atomic E-state index is 6.20. The van der Waals surface area contributed by atoms with Gasteiger partial charge in [-0.15, -0.1) is 0 Å². The second kappa shape index (κ2) is 3.88. The summed E-state index contributed by atoms with van der Waals surface area (Å²) < 4.78 is 2.45. The topological polar surface area (TPSA) is 30.9 Å². The first-order valence-corrected chi connectivity index (χ1v) is 6.69. The Morgan fingerprint density at radius 1 is 1.35 bits per heavy atom. The maximum atomic E-state index is 6.20. The number of nitrogens with zero attached hydrogens (tertiary/aromatic N) is 1. The first-order chi connectivity index (χ1) is 7.76. The Morgan fingerprint density at radius 3 is 2.29 bits per heavy atom. The van der Waals surface area contributed by atoms with Crippen LogP contribution in [0.25, 0.3) is 0 Å². The third kappa shape index (κ3) is 1.93. The van der Waals surface area contributed by atoms with Gasteiger partial charge < -0.3 is 10.3 Å². The number of hydrogen-bond acceptors (Lipinski definition) is 1. The molecular weight excluding hydrogens is 208 g/mol. The summed E-state index contributed by atoms with van der Waals surface area (Å²) in [5.74, 6) is 1.24. The Balaban J connectivity index is 2.33. The van der Waals surface area contributed by atoms with Crippen LogP contribution in [-0.2, 0) is 6.54 Å². The van der Waals surface area contributed by atoms with Crippen molar-refractivity contribution in [3.63, 3.8) is 0 Å². The highest BCUT2D eigenvalue weighted by atomic mass is 15.0. The zero-order valence-corrected chi connectivity index (χ0v) is 12.0. The van der Waals surface area contributed by atoms with Crippen LogP contribution >= 0.6 is 0 Å². The first kappa shape index (κ1) is 12.7. The van der Waals surface area contributed by atoms with Crippen LogP contribution in [0.3, 0.4) is 0 Å². The van der Waals surface area contributed by atoms with E-state index < -0.39 is 0 Å². The molecule has 2 N–H and O–H groups in total. The van der Waals surface area contributed by atoms with Gasteiger partial charge in [0.05, 0.1) is 0 Å². The lowest BCUT2D eigenvalue weighted by Crippen LogP contribution is -2.08. The van der Waals surface area contributed by atoms with Crippen molar-refractivity contribution in [3.8, 4) is 0 Å². The smallest absolute Gasteiger partial charge is 0.0247 e. The van der Waals surface area contributed by atoms with Gasteiger partial charge in [-0.25, -0.2) is 0 Å². The van der Waals surface area contributed by atoms with Crippen LogP contribution in [0.1, 0.15) is 50.6 Å². The molecule has 2 atom stereocenters. The van der Waals surface area contributed by atoms with E-state index in [1.54, 1.807) is 0 Å². The molecule has 96 valence electrons. The second-order valence-corrected chi connectivity index (χ2v) is 6.66. The molecule has 2 unspecified atom stereocenters. The highest BCUT2D eigenvalue weighted by molar-refractivity contribution is 5.40. The van der Waals surface area contributed by atoms with E-state index in [1.165, 1.54) is 17.0 Å². The normalized spacial score (nSPS) is 26.6. The van der Waals surface area contributed by atoms with Crippen LogP contribution in [0.4, 0.5) is 0 Å². The van der Waals surface area contributed by atoms with Gasteiger partial charge in [-0.2, -0.15) is 0 Å². The number of hydrogen-bond donors (Lipinski definition) is 1. The quantitative estimate of drug-likeness (QED) is 0.855. The summed E-state index contributed by atoms with van der Waals surface area (Å²) in [5, 5.41) is 0. The molecule has 1 aliphatic carbocycles. The predicted octanol–water partition coefficient (Wildman–Crippen LogP) is 3.21. The summed E-state index contributed by atoms with van der Waals surface area (Å²) in [7, 11) is 0. The molecule has 0 aliphatic heterocycles. The molecule has 1 saturated carbocycles. The standard InChI is InChI=1S/C15H26N2/c1-9(2)8-17-10(3)7-12(11(17)4)13-14(16)15(13,5)6/h7,9,13-14H,8,16H2,1-6H3. The highest BCUT2D eigenvalue weighted by Gasteiger charge is 2.57. The van der Waals surface area contributed by atoms with E-state index in [0.717, 1.165) is 6.54 Å². The van der Waals surface area contributed by atoms with Crippen LogP contribution in [0.15, 0.2) is 6.07 Å². The van der Waals surface area contributed by atoms with Gasteiger partial charge >= 0.3 is 0 Å². The molecule has 1 aliphatic rings. The Labute approximate surface area is 105 Å². The van der Waals surface area contributed by atoms with E-state index in [4.69, 9.17) is 5.73 Å². The molecule has 1 fully saturated rings. The SMILES string of the molecule is Cc1cc(C2C(N)C2(C)C)c(C)n1CC(C)C. The van der Waals surface area contributed by atoms with Crippen molar-refractivity contribution in [2.45, 2.75) is 60.0 Å². The number of rotatable bonds is 3. The van der Waals surface area contributed by atoms with Crippen LogP contribution in [0.5, 0.6) is 0 Å². The van der Waals surface area contributed by atoms with E-state index in [-0.39, 0.29) is 5.41 Å². The van der Waals surface area contributed by atoms with Crippen molar-refractivity contribution in [3.05, 3.63) is 23.0 Å². The van der Waals surface area contributed by atoms with Gasteiger partial charge in [0.15, 0.2) is 0 Å². The second-order valence-electron chi connectivity index (χ2n) is 6.66. The van der Waals surface area contributed by atoms with Crippen molar-refractivity contribution in [1.82, 2.24) is 4.57 Å². The number of aromatic nitrogens is 1. The summed E-state index contributed by atoms with van der Waals surface area (Å²) in [6.07, 6.45) is 0. The van der Waals surface area contributed by atoms with Crippen LogP contribution in [0, 0.1) is 25.2 Å². The predicted molar refractivity (Wildman–Crippen MR) is 73.2 cm³/mol. The minimum absolute atomic E-state index is 0.279. The lowest BCUT2D eigenvalue weighted by Gasteiger charge is -2.12. The molecule has 0 aromatic carbocycles. The van der Waals surface area contributed by atoms with Crippen molar-refractivity contribution in [2.75, 3.05) is 0 Å². The van der Waals surface area contributed by atoms with Gasteiger partial charge in [-0.1, -0.05) is 27.7 Å². The Kier molecular flexibility index (Phi) is 2.89. The number of aryl methyl sites for hydroxylation is 1. The Hall–Kier alpha value is -0.760. The zero-order valence-electron chi connectivity index (χ0n) is 12.0. The molecule has 2 rings (SSSR count). The molecule has 1 heterocycles. The fourth-order valence-corrected chi connectivity index (χ4v) is 3.06. The molecule has 2 nitrogen and oxygen atoms in total. The third-order valence-corrected chi connectivity index (χ3v) is 4.41. The van der Waals surface area contributed by atoms with Crippen LogP contribution < -0.4 is 5.73 Å². The van der Waals surface area contributed by atoms with Crippen molar-refractivity contribution >= 4 is 0 Å². The van der Waals surface area contributed by atoms with Gasteiger partial charge in [0.25, 0.3) is 0 Å². The molecule has 17 heavy (non-hydrogen) atoms. The van der Waals surface area contributed by atoms with Crippen LogP contribution in [0.2, 0.25) is 0 Å². The molecular formula is C15H26N2. The fourth-order valence-electron chi connectivity index (χ4n) is 3.06. The Morgan fingerprint density at radius 2 is 1.88 bits per heavy atom. The molecule has 1 aromatic rings. The monoisotopic (exact) mass is 234 g/mol. The van der Waals surface area contributed by atoms with E-state index in [9.17, 15) is 0 Å². The van der Waals surface area contributed by atoms with Gasteiger partial charge in [-0.3, -0.25) is 0 Å². The molecule has 0 bridgehead atoms.